The molecule has 3 aliphatic heterocycles. The number of hydrogen-bond acceptors (Lipinski definition) is 7. The van der Waals surface area contributed by atoms with Gasteiger partial charge in [0.1, 0.15) is 5.75 Å². The zero-order valence-electron chi connectivity index (χ0n) is 21.2. The van der Waals surface area contributed by atoms with Crippen LogP contribution >= 0.6 is 24.8 Å². The smallest absolute Gasteiger partial charge is 0.260 e. The molecule has 1 aromatic carbocycles. The monoisotopic (exact) mass is 547 g/mol. The van der Waals surface area contributed by atoms with Crippen LogP contribution in [0.2, 0.25) is 0 Å². The summed E-state index contributed by atoms with van der Waals surface area (Å²) >= 11 is 0. The third kappa shape index (κ3) is 5.58. The van der Waals surface area contributed by atoms with Crippen LogP contribution in [0.3, 0.4) is 0 Å². The Morgan fingerprint density at radius 3 is 2.68 bits per heavy atom. The molecule has 3 aliphatic rings. The van der Waals surface area contributed by atoms with E-state index in [2.05, 4.69) is 20.9 Å². The van der Waals surface area contributed by atoms with E-state index >= 15 is 0 Å². The lowest BCUT2D eigenvalue weighted by Gasteiger charge is -2.31. The van der Waals surface area contributed by atoms with E-state index in [-0.39, 0.29) is 36.3 Å². The number of fused-ring (bicyclic) bond motifs is 2. The normalized spacial score (nSPS) is 18.2. The number of ether oxygens (including phenoxy) is 2. The van der Waals surface area contributed by atoms with E-state index < -0.39 is 0 Å². The summed E-state index contributed by atoms with van der Waals surface area (Å²) in [6.07, 6.45) is 7.20. The van der Waals surface area contributed by atoms with E-state index in [0.29, 0.717) is 30.1 Å². The summed E-state index contributed by atoms with van der Waals surface area (Å²) in [6.45, 7) is 6.22. The van der Waals surface area contributed by atoms with Crippen molar-refractivity contribution in [3.05, 3.63) is 57.1 Å². The first kappa shape index (κ1) is 27.6. The zero-order chi connectivity index (χ0) is 23.8. The molecule has 6 rings (SSSR count). The number of aromatic nitrogens is 3. The number of methoxy groups -OCH3 is 1. The summed E-state index contributed by atoms with van der Waals surface area (Å²) in [5, 5.41) is 0.677. The standard InChI is InChI=1S/C27H33N5O3.2ClH/c1-34-20-14-22(18-6-12-35-13-7-18)25-23(15-20)29-27(30-26(25)33)32-11-5-21-19(16-32)4-8-28-24(21)17-31-9-2-3-10-31;;/h4,8,14-15,18H,2-3,5-7,9-13,16-17H2,1H3,(H,29,30,33);2*1H. The Kier molecular flexibility index (Phi) is 8.95. The SMILES string of the molecule is COc1cc(C2CCOCC2)c2c(=O)[nH]c(N3CCc4c(ccnc4CN4CCCC4)C3)nc2c1.Cl.Cl. The minimum Gasteiger partial charge on any atom is -0.497 e. The molecule has 0 aliphatic carbocycles. The van der Waals surface area contributed by atoms with Crippen molar-refractivity contribution >= 4 is 41.7 Å². The molecule has 0 radical (unpaired) electrons. The van der Waals surface area contributed by atoms with Gasteiger partial charge in [-0.1, -0.05) is 0 Å². The van der Waals surface area contributed by atoms with Crippen LogP contribution in [0.25, 0.3) is 10.9 Å². The van der Waals surface area contributed by atoms with Crippen molar-refractivity contribution in [2.24, 2.45) is 0 Å². The van der Waals surface area contributed by atoms with Gasteiger partial charge in [0.05, 0.1) is 23.7 Å². The first-order valence-electron chi connectivity index (χ1n) is 12.8. The lowest BCUT2D eigenvalue weighted by molar-refractivity contribution is 0.0855. The predicted octanol–water partition coefficient (Wildman–Crippen LogP) is 4.22. The predicted molar refractivity (Wildman–Crippen MR) is 150 cm³/mol. The highest BCUT2D eigenvalue weighted by Gasteiger charge is 2.25. The molecule has 0 saturated carbocycles. The molecule has 0 atom stereocenters. The molecule has 1 N–H and O–H groups in total. The van der Waals surface area contributed by atoms with Gasteiger partial charge in [-0.25, -0.2) is 4.98 Å². The second-order valence-corrected chi connectivity index (χ2v) is 9.94. The Balaban J connectivity index is 0.00000160. The first-order valence-corrected chi connectivity index (χ1v) is 12.8. The van der Waals surface area contributed by atoms with Gasteiger partial charge in [0.15, 0.2) is 0 Å². The maximum absolute atomic E-state index is 13.4. The molecular weight excluding hydrogens is 513 g/mol. The minimum absolute atomic E-state index is 0. The fraction of sp³-hybridized carbons (Fsp3) is 0.519. The number of anilines is 1. The van der Waals surface area contributed by atoms with Crippen LogP contribution in [0.15, 0.2) is 29.2 Å². The summed E-state index contributed by atoms with van der Waals surface area (Å²) < 4.78 is 11.1. The Labute approximate surface area is 229 Å². The van der Waals surface area contributed by atoms with Crippen molar-refractivity contribution in [2.45, 2.75) is 51.1 Å². The van der Waals surface area contributed by atoms with E-state index in [4.69, 9.17) is 19.4 Å². The molecule has 0 amide bonds. The van der Waals surface area contributed by atoms with Crippen LogP contribution in [0.1, 0.15) is 54.0 Å². The number of nitrogens with one attached hydrogen (secondary N) is 1. The number of likely N-dealkylation sites (tertiary alicyclic amines) is 1. The van der Waals surface area contributed by atoms with E-state index in [1.165, 1.54) is 42.8 Å². The highest BCUT2D eigenvalue weighted by molar-refractivity contribution is 5.86. The third-order valence-electron chi connectivity index (χ3n) is 7.80. The van der Waals surface area contributed by atoms with Crippen molar-refractivity contribution < 1.29 is 9.47 Å². The molecule has 10 heteroatoms. The Hall–Kier alpha value is -2.39. The number of H-pyrrole nitrogens is 1. The lowest BCUT2D eigenvalue weighted by Crippen LogP contribution is -2.34. The van der Waals surface area contributed by atoms with Crippen LogP contribution in [0.4, 0.5) is 5.95 Å². The van der Waals surface area contributed by atoms with E-state index in [1.807, 2.05) is 18.3 Å². The molecule has 37 heavy (non-hydrogen) atoms. The van der Waals surface area contributed by atoms with Gasteiger partial charge in [-0.05, 0) is 79.9 Å². The summed E-state index contributed by atoms with van der Waals surface area (Å²) in [4.78, 5) is 30.8. The van der Waals surface area contributed by atoms with Crippen LogP contribution in [0, 0.1) is 0 Å². The quantitative estimate of drug-likeness (QED) is 0.511. The van der Waals surface area contributed by atoms with Crippen LogP contribution < -0.4 is 15.2 Å². The molecule has 8 nitrogen and oxygen atoms in total. The molecular formula is C27H35Cl2N5O3. The van der Waals surface area contributed by atoms with E-state index in [1.54, 1.807) is 7.11 Å². The maximum Gasteiger partial charge on any atom is 0.260 e. The van der Waals surface area contributed by atoms with Crippen molar-refractivity contribution in [2.75, 3.05) is 44.9 Å². The molecule has 2 saturated heterocycles. The molecule has 0 unspecified atom stereocenters. The fourth-order valence-electron chi connectivity index (χ4n) is 5.90. The highest BCUT2D eigenvalue weighted by atomic mass is 35.5. The molecule has 2 fully saturated rings. The van der Waals surface area contributed by atoms with Crippen molar-refractivity contribution in [3.63, 3.8) is 0 Å². The van der Waals surface area contributed by atoms with Crippen molar-refractivity contribution in [3.8, 4) is 5.75 Å². The summed E-state index contributed by atoms with van der Waals surface area (Å²) in [5.41, 5.74) is 5.47. The average Bonchev–Trinajstić information content (AvgIpc) is 3.41. The van der Waals surface area contributed by atoms with Crippen molar-refractivity contribution in [1.82, 2.24) is 19.9 Å². The molecule has 3 aromatic rings. The van der Waals surface area contributed by atoms with E-state index in [0.717, 1.165) is 50.2 Å². The zero-order valence-corrected chi connectivity index (χ0v) is 22.8. The Bertz CT molecular complexity index is 1290. The van der Waals surface area contributed by atoms with Gasteiger partial charge in [0.25, 0.3) is 5.56 Å². The van der Waals surface area contributed by atoms with Gasteiger partial charge in [-0.3, -0.25) is 19.7 Å². The van der Waals surface area contributed by atoms with Crippen LogP contribution in [0.5, 0.6) is 5.75 Å². The maximum atomic E-state index is 13.4. The van der Waals surface area contributed by atoms with Gasteiger partial charge in [0, 0.05) is 45.1 Å². The average molecular weight is 549 g/mol. The molecule has 200 valence electrons. The molecule has 2 aromatic heterocycles. The first-order chi connectivity index (χ1) is 17.2. The van der Waals surface area contributed by atoms with Crippen LogP contribution in [-0.4, -0.2) is 59.8 Å². The number of nitrogens with zero attached hydrogens (tertiary/aromatic N) is 4. The summed E-state index contributed by atoms with van der Waals surface area (Å²) in [7, 11) is 1.67. The number of aromatic amines is 1. The van der Waals surface area contributed by atoms with Gasteiger partial charge in [-0.2, -0.15) is 0 Å². The number of benzene rings is 1. The largest absolute Gasteiger partial charge is 0.497 e. The molecule has 0 bridgehead atoms. The Morgan fingerprint density at radius 1 is 1.14 bits per heavy atom. The number of halogens is 2. The topological polar surface area (TPSA) is 83.6 Å². The lowest BCUT2D eigenvalue weighted by atomic mass is 9.89. The third-order valence-corrected chi connectivity index (χ3v) is 7.80. The number of pyridine rings is 1. The summed E-state index contributed by atoms with van der Waals surface area (Å²) in [5.74, 6) is 1.64. The minimum atomic E-state index is -0.0793. The van der Waals surface area contributed by atoms with Gasteiger partial charge in [0.2, 0.25) is 5.95 Å². The fourth-order valence-corrected chi connectivity index (χ4v) is 5.90. The van der Waals surface area contributed by atoms with Crippen molar-refractivity contribution in [1.29, 1.82) is 0 Å². The highest BCUT2D eigenvalue weighted by Crippen LogP contribution is 2.34. The Morgan fingerprint density at radius 2 is 1.92 bits per heavy atom. The van der Waals surface area contributed by atoms with Gasteiger partial charge < -0.3 is 14.4 Å². The molecule has 5 heterocycles. The second kappa shape index (κ2) is 12.0. The van der Waals surface area contributed by atoms with E-state index in [9.17, 15) is 4.79 Å². The number of rotatable bonds is 5. The summed E-state index contributed by atoms with van der Waals surface area (Å²) in [6, 6.07) is 5.99. The molecule has 0 spiro atoms. The van der Waals surface area contributed by atoms with Gasteiger partial charge >= 0.3 is 0 Å². The van der Waals surface area contributed by atoms with Crippen LogP contribution in [-0.2, 0) is 24.2 Å². The second-order valence-electron chi connectivity index (χ2n) is 9.94. The van der Waals surface area contributed by atoms with Gasteiger partial charge in [-0.15, -0.1) is 24.8 Å². The number of hydrogen-bond donors (Lipinski definition) is 1.